The molecule has 1 saturated heterocycles. The van der Waals surface area contributed by atoms with Crippen LogP contribution in [-0.4, -0.2) is 60.5 Å². The van der Waals surface area contributed by atoms with E-state index in [9.17, 15) is 9.59 Å². The van der Waals surface area contributed by atoms with Gasteiger partial charge in [0, 0.05) is 37.3 Å². The molecule has 31 heavy (non-hydrogen) atoms. The maximum atomic E-state index is 13.2. The number of hydrogen-bond donors (Lipinski definition) is 0. The number of benzene rings is 2. The van der Waals surface area contributed by atoms with Crippen molar-refractivity contribution >= 4 is 11.9 Å². The first-order valence-electron chi connectivity index (χ1n) is 11.2. The molecular weight excluding hydrogens is 392 g/mol. The normalized spacial score (nSPS) is 21.5. The maximum Gasteiger partial charge on any atom is 0.337 e. The van der Waals surface area contributed by atoms with Gasteiger partial charge in [0.2, 0.25) is 0 Å². The van der Waals surface area contributed by atoms with Crippen LogP contribution in [0.1, 0.15) is 52.0 Å². The van der Waals surface area contributed by atoms with Gasteiger partial charge in [0.15, 0.2) is 0 Å². The van der Waals surface area contributed by atoms with Gasteiger partial charge < -0.3 is 14.4 Å². The Labute approximate surface area is 182 Å². The lowest BCUT2D eigenvalue weighted by atomic mass is 9.92. The fraction of sp³-hybridized carbons (Fsp3) is 0.440. The Morgan fingerprint density at radius 1 is 0.968 bits per heavy atom. The second kappa shape index (κ2) is 8.35. The number of nitrogens with zero attached hydrogens (tertiary/aromatic N) is 2. The van der Waals surface area contributed by atoms with Crippen molar-refractivity contribution in [1.29, 1.82) is 0 Å². The molecule has 1 saturated carbocycles. The van der Waals surface area contributed by atoms with Gasteiger partial charge in [-0.25, -0.2) is 4.79 Å². The minimum absolute atomic E-state index is 0.149. The van der Waals surface area contributed by atoms with Crippen molar-refractivity contribution in [2.24, 2.45) is 0 Å². The van der Waals surface area contributed by atoms with Crippen molar-refractivity contribution in [2.75, 3.05) is 26.7 Å². The lowest BCUT2D eigenvalue weighted by molar-refractivity contribution is 0.0599. The zero-order chi connectivity index (χ0) is 21.4. The van der Waals surface area contributed by atoms with Gasteiger partial charge >= 0.3 is 5.97 Å². The van der Waals surface area contributed by atoms with Gasteiger partial charge in [-0.2, -0.15) is 0 Å². The second-order valence-corrected chi connectivity index (χ2v) is 8.71. The van der Waals surface area contributed by atoms with E-state index in [1.807, 2.05) is 18.2 Å². The molecule has 2 fully saturated rings. The molecule has 1 atom stereocenters. The highest BCUT2D eigenvalue weighted by molar-refractivity contribution is 5.97. The van der Waals surface area contributed by atoms with Crippen molar-refractivity contribution < 1.29 is 19.1 Å². The molecule has 6 heteroatoms. The summed E-state index contributed by atoms with van der Waals surface area (Å²) in [5.41, 5.74) is 2.31. The quantitative estimate of drug-likeness (QED) is 0.687. The monoisotopic (exact) mass is 420 g/mol. The number of hydrogen-bond acceptors (Lipinski definition) is 5. The summed E-state index contributed by atoms with van der Waals surface area (Å²) in [6, 6.07) is 13.6. The zero-order valence-electron chi connectivity index (χ0n) is 17.9. The predicted octanol–water partition coefficient (Wildman–Crippen LogP) is 3.89. The van der Waals surface area contributed by atoms with Gasteiger partial charge in [0.05, 0.1) is 12.7 Å². The number of carbonyl (C=O) groups excluding carboxylic acids is 2. The van der Waals surface area contributed by atoms with Crippen molar-refractivity contribution in [3.05, 3.63) is 59.2 Å². The number of carbonyl (C=O) groups is 2. The lowest BCUT2D eigenvalue weighted by Crippen LogP contribution is -2.47. The van der Waals surface area contributed by atoms with Crippen LogP contribution in [-0.2, 0) is 11.2 Å². The smallest absolute Gasteiger partial charge is 0.337 e. The van der Waals surface area contributed by atoms with Crippen LogP contribution in [0.2, 0.25) is 0 Å². The summed E-state index contributed by atoms with van der Waals surface area (Å²) in [6.45, 7) is 2.91. The van der Waals surface area contributed by atoms with Crippen LogP contribution in [0.15, 0.2) is 42.5 Å². The summed E-state index contributed by atoms with van der Waals surface area (Å²) in [6.07, 6.45) is 5.91. The van der Waals surface area contributed by atoms with E-state index in [1.165, 1.54) is 26.4 Å². The van der Waals surface area contributed by atoms with Crippen LogP contribution >= 0.6 is 0 Å². The van der Waals surface area contributed by atoms with Gasteiger partial charge in [-0.05, 0) is 73.7 Å². The highest BCUT2D eigenvalue weighted by Crippen LogP contribution is 2.32. The molecule has 2 aromatic carbocycles. The largest absolute Gasteiger partial charge is 0.465 e. The summed E-state index contributed by atoms with van der Waals surface area (Å²) in [7, 11) is 1.36. The molecule has 2 heterocycles. The van der Waals surface area contributed by atoms with Crippen molar-refractivity contribution in [1.82, 2.24) is 9.80 Å². The summed E-state index contributed by atoms with van der Waals surface area (Å²) in [5, 5.41) is 0. The Morgan fingerprint density at radius 2 is 1.74 bits per heavy atom. The predicted molar refractivity (Wildman–Crippen MR) is 117 cm³/mol. The molecule has 3 aliphatic rings. The van der Waals surface area contributed by atoms with E-state index in [4.69, 9.17) is 9.47 Å². The van der Waals surface area contributed by atoms with Crippen LogP contribution in [0.25, 0.3) is 0 Å². The number of amides is 1. The van der Waals surface area contributed by atoms with Gasteiger partial charge in [0.1, 0.15) is 11.5 Å². The number of likely N-dealkylation sites (tertiary alicyclic amines) is 1. The third-order valence-electron chi connectivity index (χ3n) is 6.93. The van der Waals surface area contributed by atoms with Crippen LogP contribution < -0.4 is 4.74 Å². The van der Waals surface area contributed by atoms with E-state index in [2.05, 4.69) is 9.80 Å². The molecule has 162 valence electrons. The SMILES string of the molecule is COC(=O)c1ccc(Oc2ccc3c(c2)CCN(C2CCN(C4CCC4)C2)C3=O)cc1. The molecule has 0 N–H and O–H groups in total. The third kappa shape index (κ3) is 3.92. The number of fused-ring (bicyclic) bond motifs is 1. The molecule has 0 bridgehead atoms. The van der Waals surface area contributed by atoms with Gasteiger partial charge in [-0.15, -0.1) is 0 Å². The fourth-order valence-corrected chi connectivity index (χ4v) is 4.91. The molecule has 2 aliphatic heterocycles. The van der Waals surface area contributed by atoms with Crippen LogP contribution in [0.3, 0.4) is 0 Å². The average Bonchev–Trinajstić information content (AvgIpc) is 3.21. The first-order valence-corrected chi connectivity index (χ1v) is 11.2. The standard InChI is InChI=1S/C25H28N2O4/c1-30-25(29)17-5-7-21(8-6-17)31-22-9-10-23-18(15-22)11-14-27(24(23)28)20-12-13-26(16-20)19-3-2-4-19/h5-10,15,19-20H,2-4,11-14,16H2,1H3. The Kier molecular flexibility index (Phi) is 5.40. The van der Waals surface area contributed by atoms with E-state index >= 15 is 0 Å². The van der Waals surface area contributed by atoms with Gasteiger partial charge in [0.25, 0.3) is 5.91 Å². The van der Waals surface area contributed by atoms with Crippen molar-refractivity contribution in [2.45, 2.75) is 44.2 Å². The summed E-state index contributed by atoms with van der Waals surface area (Å²) < 4.78 is 10.7. The number of ether oxygens (including phenoxy) is 2. The van der Waals surface area contributed by atoms with Crippen molar-refractivity contribution in [3.63, 3.8) is 0 Å². The molecule has 1 unspecified atom stereocenters. The summed E-state index contributed by atoms with van der Waals surface area (Å²) >= 11 is 0. The van der Waals surface area contributed by atoms with E-state index < -0.39 is 0 Å². The molecule has 2 aromatic rings. The number of esters is 1. The van der Waals surface area contributed by atoms with E-state index in [-0.39, 0.29) is 11.9 Å². The van der Waals surface area contributed by atoms with Crippen LogP contribution in [0, 0.1) is 0 Å². The Bertz CT molecular complexity index is 984. The summed E-state index contributed by atoms with van der Waals surface area (Å²) in [4.78, 5) is 29.4. The van der Waals surface area contributed by atoms with Gasteiger partial charge in [-0.1, -0.05) is 6.42 Å². The first kappa shape index (κ1) is 20.1. The van der Waals surface area contributed by atoms with E-state index in [0.29, 0.717) is 23.1 Å². The number of rotatable bonds is 5. The average molecular weight is 421 g/mol. The molecular formula is C25H28N2O4. The van der Waals surface area contributed by atoms with Gasteiger partial charge in [-0.3, -0.25) is 9.69 Å². The van der Waals surface area contributed by atoms with E-state index in [0.717, 1.165) is 49.6 Å². The Morgan fingerprint density at radius 3 is 2.45 bits per heavy atom. The first-order chi connectivity index (χ1) is 15.1. The van der Waals surface area contributed by atoms with Crippen LogP contribution in [0.4, 0.5) is 0 Å². The molecule has 0 spiro atoms. The maximum absolute atomic E-state index is 13.2. The molecule has 5 rings (SSSR count). The molecule has 6 nitrogen and oxygen atoms in total. The molecule has 0 aromatic heterocycles. The lowest BCUT2D eigenvalue weighted by Gasteiger charge is -2.37. The third-order valence-corrected chi connectivity index (χ3v) is 6.93. The minimum atomic E-state index is -0.374. The highest BCUT2D eigenvalue weighted by Gasteiger charge is 2.37. The summed E-state index contributed by atoms with van der Waals surface area (Å²) in [5.74, 6) is 1.11. The number of methoxy groups -OCH3 is 1. The topological polar surface area (TPSA) is 59.1 Å². The fourth-order valence-electron chi connectivity index (χ4n) is 4.91. The molecule has 1 aliphatic carbocycles. The Hall–Kier alpha value is -2.86. The van der Waals surface area contributed by atoms with Crippen LogP contribution in [0.5, 0.6) is 11.5 Å². The minimum Gasteiger partial charge on any atom is -0.465 e. The Balaban J connectivity index is 1.25. The second-order valence-electron chi connectivity index (χ2n) is 8.71. The zero-order valence-corrected chi connectivity index (χ0v) is 17.9. The van der Waals surface area contributed by atoms with Crippen molar-refractivity contribution in [3.8, 4) is 11.5 Å². The van der Waals surface area contributed by atoms with E-state index in [1.54, 1.807) is 24.3 Å². The highest BCUT2D eigenvalue weighted by atomic mass is 16.5. The molecule has 0 radical (unpaired) electrons. The molecule has 1 amide bonds.